The van der Waals surface area contributed by atoms with Crippen LogP contribution in [0.2, 0.25) is 0 Å². The average Bonchev–Trinajstić information content (AvgIpc) is 3.52. The highest BCUT2D eigenvalue weighted by molar-refractivity contribution is 5.97. The smallest absolute Gasteiger partial charge is 0.253 e. The number of aryl methyl sites for hydroxylation is 1. The Balaban J connectivity index is 1.21. The SMILES string of the molecule is Cn1c(CN2CCN(C(=O)c3ccc(C(C)(C)C)cc3)CC2)nc2cc(C(=O)N3CCCC3)ccc21. The number of hydrogen-bond donors (Lipinski definition) is 0. The summed E-state index contributed by atoms with van der Waals surface area (Å²) < 4.78 is 2.12. The summed E-state index contributed by atoms with van der Waals surface area (Å²) in [7, 11) is 2.04. The topological polar surface area (TPSA) is 61.7 Å². The van der Waals surface area contributed by atoms with E-state index in [1.54, 1.807) is 0 Å². The summed E-state index contributed by atoms with van der Waals surface area (Å²) >= 11 is 0. The van der Waals surface area contributed by atoms with Crippen LogP contribution in [0.4, 0.5) is 0 Å². The summed E-state index contributed by atoms with van der Waals surface area (Å²) in [4.78, 5) is 37.0. The predicted octanol–water partition coefficient (Wildman–Crippen LogP) is 4.06. The molecule has 2 saturated heterocycles. The molecule has 0 spiro atoms. The molecule has 0 atom stereocenters. The van der Waals surface area contributed by atoms with E-state index in [1.807, 2.05) is 47.2 Å². The van der Waals surface area contributed by atoms with Crippen LogP contribution >= 0.6 is 0 Å². The Hall–Kier alpha value is -3.19. The van der Waals surface area contributed by atoms with E-state index in [2.05, 4.69) is 42.4 Å². The van der Waals surface area contributed by atoms with E-state index in [-0.39, 0.29) is 17.2 Å². The molecule has 2 aliphatic heterocycles. The van der Waals surface area contributed by atoms with Gasteiger partial charge in [0.15, 0.2) is 0 Å². The van der Waals surface area contributed by atoms with Gasteiger partial charge in [0.25, 0.3) is 11.8 Å². The summed E-state index contributed by atoms with van der Waals surface area (Å²) in [6, 6.07) is 13.9. The molecule has 7 nitrogen and oxygen atoms in total. The van der Waals surface area contributed by atoms with Crippen molar-refractivity contribution in [1.82, 2.24) is 24.3 Å². The van der Waals surface area contributed by atoms with Gasteiger partial charge in [0.05, 0.1) is 17.6 Å². The first-order valence-corrected chi connectivity index (χ1v) is 13.1. The Bertz CT molecular complexity index is 1260. The van der Waals surface area contributed by atoms with Gasteiger partial charge in [-0.2, -0.15) is 0 Å². The number of likely N-dealkylation sites (tertiary alicyclic amines) is 1. The molecule has 3 aromatic rings. The van der Waals surface area contributed by atoms with Crippen molar-refractivity contribution in [2.75, 3.05) is 39.3 Å². The number of benzene rings is 2. The molecular weight excluding hydrogens is 450 g/mol. The second kappa shape index (κ2) is 9.69. The summed E-state index contributed by atoms with van der Waals surface area (Å²) in [6.07, 6.45) is 2.17. The molecule has 2 amide bonds. The van der Waals surface area contributed by atoms with E-state index in [4.69, 9.17) is 4.98 Å². The number of hydrogen-bond acceptors (Lipinski definition) is 4. The average molecular weight is 488 g/mol. The summed E-state index contributed by atoms with van der Waals surface area (Å²) in [5.41, 5.74) is 4.69. The van der Waals surface area contributed by atoms with Crippen LogP contribution in [0.25, 0.3) is 11.0 Å². The van der Waals surface area contributed by atoms with Crippen LogP contribution in [0.15, 0.2) is 42.5 Å². The molecule has 0 N–H and O–H groups in total. The number of imidazole rings is 1. The van der Waals surface area contributed by atoms with Gasteiger partial charge in [-0.3, -0.25) is 14.5 Å². The van der Waals surface area contributed by atoms with Gasteiger partial charge in [-0.15, -0.1) is 0 Å². The maximum atomic E-state index is 13.0. The number of piperazine rings is 1. The molecule has 0 saturated carbocycles. The molecule has 1 aromatic heterocycles. The fourth-order valence-corrected chi connectivity index (χ4v) is 5.23. The van der Waals surface area contributed by atoms with Gasteiger partial charge < -0.3 is 14.4 Å². The van der Waals surface area contributed by atoms with E-state index < -0.39 is 0 Å². The number of carbonyl (C=O) groups excluding carboxylic acids is 2. The van der Waals surface area contributed by atoms with Crippen molar-refractivity contribution >= 4 is 22.8 Å². The molecule has 2 fully saturated rings. The van der Waals surface area contributed by atoms with E-state index in [9.17, 15) is 9.59 Å². The van der Waals surface area contributed by atoms with Crippen molar-refractivity contribution in [2.24, 2.45) is 7.05 Å². The molecule has 0 bridgehead atoms. The molecule has 36 heavy (non-hydrogen) atoms. The largest absolute Gasteiger partial charge is 0.339 e. The molecule has 5 rings (SSSR count). The first kappa shape index (κ1) is 24.5. The van der Waals surface area contributed by atoms with Gasteiger partial charge in [0.2, 0.25) is 0 Å². The number of aromatic nitrogens is 2. The third-order valence-corrected chi connectivity index (χ3v) is 7.64. The van der Waals surface area contributed by atoms with Crippen molar-refractivity contribution in [2.45, 2.75) is 45.6 Å². The lowest BCUT2D eigenvalue weighted by Crippen LogP contribution is -2.48. The van der Waals surface area contributed by atoms with E-state index in [0.717, 1.165) is 73.6 Å². The lowest BCUT2D eigenvalue weighted by Gasteiger charge is -2.34. The van der Waals surface area contributed by atoms with Gasteiger partial charge in [-0.05, 0) is 54.2 Å². The molecule has 7 heteroatoms. The van der Waals surface area contributed by atoms with Crippen LogP contribution in [0.5, 0.6) is 0 Å². The number of fused-ring (bicyclic) bond motifs is 1. The fourth-order valence-electron chi connectivity index (χ4n) is 5.23. The Kier molecular flexibility index (Phi) is 6.60. The number of nitrogens with zero attached hydrogens (tertiary/aromatic N) is 5. The molecule has 2 aromatic carbocycles. The van der Waals surface area contributed by atoms with Crippen LogP contribution in [0.3, 0.4) is 0 Å². The van der Waals surface area contributed by atoms with E-state index in [1.165, 1.54) is 5.56 Å². The van der Waals surface area contributed by atoms with Crippen LogP contribution in [0.1, 0.15) is 65.7 Å². The number of amides is 2. The zero-order valence-electron chi connectivity index (χ0n) is 22.0. The van der Waals surface area contributed by atoms with Crippen molar-refractivity contribution in [3.8, 4) is 0 Å². The second-order valence-corrected chi connectivity index (χ2v) is 11.2. The summed E-state index contributed by atoms with van der Waals surface area (Å²) in [5.74, 6) is 1.19. The zero-order chi connectivity index (χ0) is 25.4. The van der Waals surface area contributed by atoms with Crippen LogP contribution < -0.4 is 0 Å². The van der Waals surface area contributed by atoms with Gasteiger partial charge in [-0.25, -0.2) is 4.98 Å². The molecule has 2 aliphatic rings. The third-order valence-electron chi connectivity index (χ3n) is 7.64. The first-order chi connectivity index (χ1) is 17.2. The van der Waals surface area contributed by atoms with Crippen LogP contribution in [-0.4, -0.2) is 75.3 Å². The molecule has 3 heterocycles. The second-order valence-electron chi connectivity index (χ2n) is 11.2. The van der Waals surface area contributed by atoms with Crippen molar-refractivity contribution in [3.63, 3.8) is 0 Å². The van der Waals surface area contributed by atoms with Gasteiger partial charge >= 0.3 is 0 Å². The lowest BCUT2D eigenvalue weighted by molar-refractivity contribution is 0.0624. The molecular formula is C29H37N5O2. The Morgan fingerprint density at radius 1 is 0.806 bits per heavy atom. The van der Waals surface area contributed by atoms with Gasteiger partial charge in [-0.1, -0.05) is 32.9 Å². The molecule has 0 unspecified atom stereocenters. The Morgan fingerprint density at radius 2 is 1.39 bits per heavy atom. The normalized spacial score (nSPS) is 17.2. The fraction of sp³-hybridized carbons (Fsp3) is 0.483. The monoisotopic (exact) mass is 487 g/mol. The Labute approximate surface area is 213 Å². The highest BCUT2D eigenvalue weighted by atomic mass is 16.2. The van der Waals surface area contributed by atoms with Crippen LogP contribution in [-0.2, 0) is 19.0 Å². The minimum absolute atomic E-state index is 0.0773. The van der Waals surface area contributed by atoms with Crippen molar-refractivity contribution in [1.29, 1.82) is 0 Å². The maximum Gasteiger partial charge on any atom is 0.253 e. The standard InChI is InChI=1S/C29H37N5O2/c1-29(2,3)23-10-7-21(8-11-23)27(35)34-17-15-32(16-18-34)20-26-30-24-19-22(9-12-25(24)31(26)4)28(36)33-13-5-6-14-33/h7-12,19H,5-6,13-18,20H2,1-4H3. The zero-order valence-corrected chi connectivity index (χ0v) is 22.0. The van der Waals surface area contributed by atoms with Gasteiger partial charge in [0.1, 0.15) is 5.82 Å². The van der Waals surface area contributed by atoms with Crippen molar-refractivity contribution < 1.29 is 9.59 Å². The minimum atomic E-state index is 0.0773. The quantitative estimate of drug-likeness (QED) is 0.557. The maximum absolute atomic E-state index is 13.0. The van der Waals surface area contributed by atoms with E-state index >= 15 is 0 Å². The molecule has 0 radical (unpaired) electrons. The predicted molar refractivity (Wildman–Crippen MR) is 142 cm³/mol. The highest BCUT2D eigenvalue weighted by Crippen LogP contribution is 2.23. The summed E-state index contributed by atoms with van der Waals surface area (Å²) in [6.45, 7) is 12.0. The molecule has 0 aliphatic carbocycles. The minimum Gasteiger partial charge on any atom is -0.339 e. The van der Waals surface area contributed by atoms with Crippen LogP contribution in [0, 0.1) is 0 Å². The Morgan fingerprint density at radius 3 is 2.03 bits per heavy atom. The van der Waals surface area contributed by atoms with Gasteiger partial charge in [0, 0.05) is 57.4 Å². The molecule has 190 valence electrons. The van der Waals surface area contributed by atoms with Crippen molar-refractivity contribution in [3.05, 3.63) is 65.0 Å². The third kappa shape index (κ3) is 4.89. The summed E-state index contributed by atoms with van der Waals surface area (Å²) in [5, 5.41) is 0. The first-order valence-electron chi connectivity index (χ1n) is 13.1. The van der Waals surface area contributed by atoms with E-state index in [0.29, 0.717) is 13.1 Å². The number of rotatable bonds is 4. The highest BCUT2D eigenvalue weighted by Gasteiger charge is 2.25. The lowest BCUT2D eigenvalue weighted by atomic mass is 9.86. The number of carbonyl (C=O) groups is 2.